The van der Waals surface area contributed by atoms with Crippen LogP contribution < -0.4 is 5.32 Å². The van der Waals surface area contributed by atoms with Crippen LogP contribution in [-0.4, -0.2) is 20.4 Å². The molecule has 5 nitrogen and oxygen atoms in total. The highest BCUT2D eigenvalue weighted by atomic mass is 16.3. The average molecular weight is 233 g/mol. The highest BCUT2D eigenvalue weighted by Gasteiger charge is 2.08. The summed E-state index contributed by atoms with van der Waals surface area (Å²) < 4.78 is 0. The molecule has 0 atom stereocenters. The van der Waals surface area contributed by atoms with Crippen molar-refractivity contribution in [2.45, 2.75) is 0 Å². The molecule has 5 heteroatoms. The smallest absolute Gasteiger partial charge is 0.181 e. The first kappa shape index (κ1) is 10.9. The van der Waals surface area contributed by atoms with Crippen molar-refractivity contribution in [2.24, 2.45) is 0 Å². The Balaban J connectivity index is 2.35. The quantitative estimate of drug-likeness (QED) is 0.405. The van der Waals surface area contributed by atoms with Gasteiger partial charge in [0.1, 0.15) is 11.5 Å². The minimum atomic E-state index is -0.306. The monoisotopic (exact) mass is 233 g/mol. The lowest BCUT2D eigenvalue weighted by atomic mass is 10.2. The van der Waals surface area contributed by atoms with Crippen LogP contribution in [0.3, 0.4) is 0 Å². The number of hydrogen-bond donors (Lipinski definition) is 5. The molecule has 0 heterocycles. The molecular formula is C12H11NO4. The van der Waals surface area contributed by atoms with Gasteiger partial charge in [-0.1, -0.05) is 6.07 Å². The zero-order valence-electron chi connectivity index (χ0n) is 8.75. The molecule has 0 radical (unpaired) electrons. The van der Waals surface area contributed by atoms with Crippen molar-refractivity contribution in [3.05, 3.63) is 36.4 Å². The van der Waals surface area contributed by atoms with E-state index in [1.54, 1.807) is 12.1 Å². The van der Waals surface area contributed by atoms with Gasteiger partial charge in [-0.2, -0.15) is 0 Å². The lowest BCUT2D eigenvalue weighted by Gasteiger charge is -2.10. The first-order valence-electron chi connectivity index (χ1n) is 4.88. The van der Waals surface area contributed by atoms with Crippen molar-refractivity contribution >= 4 is 11.4 Å². The summed E-state index contributed by atoms with van der Waals surface area (Å²) in [4.78, 5) is 0. The minimum Gasteiger partial charge on any atom is -0.508 e. The summed E-state index contributed by atoms with van der Waals surface area (Å²) in [6, 6.07) is 8.45. The number of benzene rings is 2. The highest BCUT2D eigenvalue weighted by Crippen LogP contribution is 2.37. The van der Waals surface area contributed by atoms with Crippen LogP contribution in [0.4, 0.5) is 11.4 Å². The maximum atomic E-state index is 9.56. The molecular weight excluding hydrogens is 222 g/mol. The fourth-order valence-corrected chi connectivity index (χ4v) is 1.40. The second-order valence-electron chi connectivity index (χ2n) is 3.50. The maximum Gasteiger partial charge on any atom is 0.181 e. The first-order valence-corrected chi connectivity index (χ1v) is 4.88. The van der Waals surface area contributed by atoms with Crippen LogP contribution in [0.5, 0.6) is 23.0 Å². The van der Waals surface area contributed by atoms with Crippen molar-refractivity contribution in [3.63, 3.8) is 0 Å². The summed E-state index contributed by atoms with van der Waals surface area (Å²) in [5.41, 5.74) is 0.565. The topological polar surface area (TPSA) is 93.0 Å². The molecule has 88 valence electrons. The van der Waals surface area contributed by atoms with Crippen LogP contribution in [0.1, 0.15) is 0 Å². The fourth-order valence-electron chi connectivity index (χ4n) is 1.40. The van der Waals surface area contributed by atoms with Crippen molar-refractivity contribution < 1.29 is 20.4 Å². The van der Waals surface area contributed by atoms with Gasteiger partial charge in [0.15, 0.2) is 11.5 Å². The van der Waals surface area contributed by atoms with E-state index in [0.717, 1.165) is 0 Å². The number of aromatic hydroxyl groups is 4. The summed E-state index contributed by atoms with van der Waals surface area (Å²) in [5.74, 6) is -0.783. The van der Waals surface area contributed by atoms with E-state index < -0.39 is 0 Å². The molecule has 0 amide bonds. The van der Waals surface area contributed by atoms with E-state index in [1.807, 2.05) is 0 Å². The summed E-state index contributed by atoms with van der Waals surface area (Å²) in [7, 11) is 0. The maximum absolute atomic E-state index is 9.56. The van der Waals surface area contributed by atoms with Gasteiger partial charge < -0.3 is 25.7 Å². The molecule has 2 aromatic rings. The number of nitrogens with one attached hydrogen (secondary N) is 1. The zero-order chi connectivity index (χ0) is 12.4. The Bertz CT molecular complexity index is 554. The Morgan fingerprint density at radius 1 is 0.765 bits per heavy atom. The summed E-state index contributed by atoms with van der Waals surface area (Å²) in [5, 5.41) is 40.3. The van der Waals surface area contributed by atoms with Crippen LogP contribution >= 0.6 is 0 Å². The predicted molar refractivity (Wildman–Crippen MR) is 62.8 cm³/mol. The molecule has 2 aromatic carbocycles. The SMILES string of the molecule is Oc1ccc(Nc2cccc(O)c2O)c(O)c1. The summed E-state index contributed by atoms with van der Waals surface area (Å²) in [6.45, 7) is 0. The third kappa shape index (κ3) is 2.17. The van der Waals surface area contributed by atoms with E-state index in [4.69, 9.17) is 5.11 Å². The minimum absolute atomic E-state index is 0.0619. The molecule has 0 aliphatic carbocycles. The zero-order valence-corrected chi connectivity index (χ0v) is 8.75. The highest BCUT2D eigenvalue weighted by molar-refractivity contribution is 5.72. The Morgan fingerprint density at radius 3 is 2.24 bits per heavy atom. The standard InChI is InChI=1S/C12H11NO4/c14-7-4-5-8(11(16)6-7)13-9-2-1-3-10(15)12(9)17/h1-6,13-17H. The average Bonchev–Trinajstić information content (AvgIpc) is 2.28. The number of phenolic OH excluding ortho intramolecular Hbond substituents is 4. The molecule has 0 aromatic heterocycles. The third-order valence-corrected chi connectivity index (χ3v) is 2.27. The van der Waals surface area contributed by atoms with E-state index in [9.17, 15) is 15.3 Å². The van der Waals surface area contributed by atoms with Gasteiger partial charge in [0.05, 0.1) is 11.4 Å². The van der Waals surface area contributed by atoms with Gasteiger partial charge in [0.2, 0.25) is 0 Å². The molecule has 0 saturated heterocycles. The molecule has 5 N–H and O–H groups in total. The van der Waals surface area contributed by atoms with Crippen molar-refractivity contribution in [2.75, 3.05) is 5.32 Å². The lowest BCUT2D eigenvalue weighted by Crippen LogP contribution is -1.91. The second-order valence-corrected chi connectivity index (χ2v) is 3.50. The van der Waals surface area contributed by atoms with E-state index in [-0.39, 0.29) is 28.7 Å². The molecule has 0 saturated carbocycles. The fraction of sp³-hybridized carbons (Fsp3) is 0. The Kier molecular flexibility index (Phi) is 2.66. The normalized spacial score (nSPS) is 10.1. The molecule has 0 aliphatic heterocycles. The van der Waals surface area contributed by atoms with Crippen molar-refractivity contribution in [3.8, 4) is 23.0 Å². The number of phenols is 4. The van der Waals surface area contributed by atoms with Crippen LogP contribution in [0.2, 0.25) is 0 Å². The van der Waals surface area contributed by atoms with E-state index in [0.29, 0.717) is 5.69 Å². The van der Waals surface area contributed by atoms with Gasteiger partial charge in [0, 0.05) is 6.07 Å². The van der Waals surface area contributed by atoms with Gasteiger partial charge in [-0.15, -0.1) is 0 Å². The molecule has 2 rings (SSSR count). The second kappa shape index (κ2) is 4.13. The van der Waals surface area contributed by atoms with Crippen LogP contribution in [0.15, 0.2) is 36.4 Å². The van der Waals surface area contributed by atoms with E-state index >= 15 is 0 Å². The number of anilines is 2. The molecule has 0 aliphatic rings. The largest absolute Gasteiger partial charge is 0.508 e. The van der Waals surface area contributed by atoms with Crippen LogP contribution in [-0.2, 0) is 0 Å². The van der Waals surface area contributed by atoms with E-state index in [2.05, 4.69) is 5.32 Å². The molecule has 0 spiro atoms. The molecule has 0 fully saturated rings. The van der Waals surface area contributed by atoms with Gasteiger partial charge in [-0.3, -0.25) is 0 Å². The predicted octanol–water partition coefficient (Wildman–Crippen LogP) is 2.25. The molecule has 0 unspecified atom stereocenters. The Morgan fingerprint density at radius 2 is 1.53 bits per heavy atom. The first-order chi connectivity index (χ1) is 8.08. The number of hydrogen-bond acceptors (Lipinski definition) is 5. The van der Waals surface area contributed by atoms with Crippen molar-refractivity contribution in [1.82, 2.24) is 0 Å². The number of rotatable bonds is 2. The van der Waals surface area contributed by atoms with Gasteiger partial charge in [0.25, 0.3) is 0 Å². The molecule has 0 bridgehead atoms. The van der Waals surface area contributed by atoms with Crippen LogP contribution in [0, 0.1) is 0 Å². The molecule has 17 heavy (non-hydrogen) atoms. The summed E-state index contributed by atoms with van der Waals surface area (Å²) in [6.07, 6.45) is 0. The third-order valence-electron chi connectivity index (χ3n) is 2.27. The van der Waals surface area contributed by atoms with Gasteiger partial charge in [-0.25, -0.2) is 0 Å². The number of para-hydroxylation sites is 1. The van der Waals surface area contributed by atoms with Gasteiger partial charge >= 0.3 is 0 Å². The van der Waals surface area contributed by atoms with Crippen molar-refractivity contribution in [1.29, 1.82) is 0 Å². The summed E-state index contributed by atoms with van der Waals surface area (Å²) >= 11 is 0. The van der Waals surface area contributed by atoms with Gasteiger partial charge in [-0.05, 0) is 24.3 Å². The van der Waals surface area contributed by atoms with Crippen LogP contribution in [0.25, 0.3) is 0 Å². The Labute approximate surface area is 97.2 Å². The lowest BCUT2D eigenvalue weighted by molar-refractivity contribution is 0.405. The Hall–Kier alpha value is -2.56. The van der Waals surface area contributed by atoms with E-state index in [1.165, 1.54) is 24.3 Å².